The molecule has 1 aliphatic heterocycles. The molecule has 0 aliphatic carbocycles. The quantitative estimate of drug-likeness (QED) is 0.633. The van der Waals surface area contributed by atoms with E-state index in [2.05, 4.69) is 0 Å². The summed E-state index contributed by atoms with van der Waals surface area (Å²) in [5.41, 5.74) is 1.65. The molecule has 1 aliphatic rings. The van der Waals surface area contributed by atoms with Gasteiger partial charge in [0.15, 0.2) is 5.78 Å². The van der Waals surface area contributed by atoms with Gasteiger partial charge in [-0.1, -0.05) is 42.1 Å². The number of likely N-dealkylation sites (N-methyl/N-ethyl adjacent to an activating group) is 1. The van der Waals surface area contributed by atoms with Crippen molar-refractivity contribution in [1.29, 1.82) is 0 Å². The van der Waals surface area contributed by atoms with Gasteiger partial charge in [0.05, 0.1) is 5.75 Å². The molecule has 120 valence electrons. The lowest BCUT2D eigenvalue weighted by molar-refractivity contribution is 0.0943. The molecule has 2 rings (SSSR count). The number of benzene rings is 1. The monoisotopic (exact) mass is 341 g/mol. The number of hydrogen-bond donors (Lipinski definition) is 1. The van der Waals surface area contributed by atoms with Crippen LogP contribution in [0.15, 0.2) is 40.9 Å². The number of thioether (sulfide) groups is 1. The fraction of sp³-hybridized carbons (Fsp3) is 0.400. The molecule has 0 bridgehead atoms. The fourth-order valence-corrected chi connectivity index (χ4v) is 4.22. The van der Waals surface area contributed by atoms with Gasteiger partial charge in [0.2, 0.25) is 0 Å². The van der Waals surface area contributed by atoms with E-state index in [1.165, 1.54) is 11.8 Å². The van der Waals surface area contributed by atoms with Gasteiger partial charge in [-0.2, -0.15) is 8.42 Å². The first-order valence-electron chi connectivity index (χ1n) is 6.93. The lowest BCUT2D eigenvalue weighted by Crippen LogP contribution is -2.31. The topological polar surface area (TPSA) is 74.7 Å². The molecule has 1 heterocycles. The van der Waals surface area contributed by atoms with E-state index in [1.54, 1.807) is 12.1 Å². The molecule has 1 N–H and O–H groups in total. The Labute approximate surface area is 135 Å². The molecular formula is C15H19NO4S2. The van der Waals surface area contributed by atoms with Crippen molar-refractivity contribution in [3.63, 3.8) is 0 Å². The maximum atomic E-state index is 12.6. The highest BCUT2D eigenvalue weighted by molar-refractivity contribution is 8.04. The zero-order valence-corrected chi connectivity index (χ0v) is 14.2. The maximum Gasteiger partial charge on any atom is 0.264 e. The van der Waals surface area contributed by atoms with Crippen LogP contribution in [0.1, 0.15) is 30.1 Å². The standard InChI is InChI=1S/C15H19NO4S2/c1-11-13(9-6-10-22(18,19)20)21-15(16(11)2)14(17)12-7-4-3-5-8-12/h3-5,7-8,15H,6,9-10H2,1-2H3,(H,18,19,20). The van der Waals surface area contributed by atoms with Crippen molar-refractivity contribution in [2.45, 2.75) is 25.1 Å². The van der Waals surface area contributed by atoms with Gasteiger partial charge in [0, 0.05) is 23.2 Å². The third-order valence-corrected chi connectivity index (χ3v) is 5.97. The first kappa shape index (κ1) is 17.1. The zero-order valence-electron chi connectivity index (χ0n) is 12.5. The Morgan fingerprint density at radius 2 is 1.95 bits per heavy atom. The molecule has 22 heavy (non-hydrogen) atoms. The summed E-state index contributed by atoms with van der Waals surface area (Å²) >= 11 is 1.46. The maximum absolute atomic E-state index is 12.6. The molecule has 0 amide bonds. The molecule has 1 aromatic rings. The summed E-state index contributed by atoms with van der Waals surface area (Å²) in [7, 11) is -2.07. The molecule has 0 spiro atoms. The van der Waals surface area contributed by atoms with Crippen LogP contribution in [0.4, 0.5) is 0 Å². The molecule has 1 atom stereocenters. The summed E-state index contributed by atoms with van der Waals surface area (Å²) in [6.07, 6.45) is 0.887. The van der Waals surface area contributed by atoms with Crippen molar-refractivity contribution in [2.24, 2.45) is 0 Å². The average molecular weight is 341 g/mol. The highest BCUT2D eigenvalue weighted by Gasteiger charge is 2.33. The van der Waals surface area contributed by atoms with Crippen LogP contribution >= 0.6 is 11.8 Å². The predicted octanol–water partition coefficient (Wildman–Crippen LogP) is 2.77. The molecule has 0 aromatic heterocycles. The Hall–Kier alpha value is -1.31. The minimum Gasteiger partial charge on any atom is -0.358 e. The second-order valence-corrected chi connectivity index (χ2v) is 7.96. The SMILES string of the molecule is CC1=C(CCCS(=O)(=O)O)SC(C(=O)c2ccccc2)N1C. The number of allylic oxidation sites excluding steroid dienone is 2. The van der Waals surface area contributed by atoms with Crippen molar-refractivity contribution in [1.82, 2.24) is 4.90 Å². The highest BCUT2D eigenvalue weighted by atomic mass is 32.2. The third kappa shape index (κ3) is 4.12. The van der Waals surface area contributed by atoms with E-state index in [9.17, 15) is 13.2 Å². The summed E-state index contributed by atoms with van der Waals surface area (Å²) in [5.74, 6) is -0.219. The summed E-state index contributed by atoms with van der Waals surface area (Å²) in [6.45, 7) is 1.92. The minimum atomic E-state index is -3.93. The van der Waals surface area contributed by atoms with Gasteiger partial charge in [-0.3, -0.25) is 9.35 Å². The molecule has 0 saturated carbocycles. The van der Waals surface area contributed by atoms with Gasteiger partial charge in [-0.15, -0.1) is 0 Å². The van der Waals surface area contributed by atoms with E-state index >= 15 is 0 Å². The van der Waals surface area contributed by atoms with Gasteiger partial charge in [-0.05, 0) is 19.8 Å². The van der Waals surface area contributed by atoms with Crippen molar-refractivity contribution in [2.75, 3.05) is 12.8 Å². The second-order valence-electron chi connectivity index (χ2n) is 5.21. The normalized spacial score (nSPS) is 18.9. The van der Waals surface area contributed by atoms with E-state index < -0.39 is 10.1 Å². The lowest BCUT2D eigenvalue weighted by Gasteiger charge is -2.21. The first-order chi connectivity index (χ1) is 10.3. The predicted molar refractivity (Wildman–Crippen MR) is 88.3 cm³/mol. The van der Waals surface area contributed by atoms with Gasteiger partial charge in [0.1, 0.15) is 5.37 Å². The molecule has 7 heteroatoms. The minimum absolute atomic E-state index is 0.0391. The molecular weight excluding hydrogens is 322 g/mol. The highest BCUT2D eigenvalue weighted by Crippen LogP contribution is 2.40. The number of carbonyl (C=O) groups excluding carboxylic acids is 1. The van der Waals surface area contributed by atoms with E-state index in [-0.39, 0.29) is 16.9 Å². The number of hydrogen-bond acceptors (Lipinski definition) is 5. The van der Waals surface area contributed by atoms with Crippen LogP contribution in [0.25, 0.3) is 0 Å². The number of ketones is 1. The molecule has 0 saturated heterocycles. The van der Waals surface area contributed by atoms with Crippen LogP contribution in [0.3, 0.4) is 0 Å². The number of rotatable bonds is 6. The van der Waals surface area contributed by atoms with Crippen LogP contribution in [0, 0.1) is 0 Å². The molecule has 0 fully saturated rings. The van der Waals surface area contributed by atoms with Crippen LogP contribution in [-0.2, 0) is 10.1 Å². The van der Waals surface area contributed by atoms with Gasteiger partial charge < -0.3 is 4.90 Å². The van der Waals surface area contributed by atoms with Gasteiger partial charge >= 0.3 is 0 Å². The van der Waals surface area contributed by atoms with Crippen molar-refractivity contribution >= 4 is 27.7 Å². The Balaban J connectivity index is 2.03. The zero-order chi connectivity index (χ0) is 16.3. The van der Waals surface area contributed by atoms with Crippen molar-refractivity contribution in [3.8, 4) is 0 Å². The lowest BCUT2D eigenvalue weighted by atomic mass is 10.1. The Morgan fingerprint density at radius 3 is 2.55 bits per heavy atom. The van der Waals surface area contributed by atoms with E-state index in [0.717, 1.165) is 10.6 Å². The van der Waals surface area contributed by atoms with E-state index in [0.29, 0.717) is 18.4 Å². The van der Waals surface area contributed by atoms with E-state index in [1.807, 2.05) is 37.1 Å². The fourth-order valence-electron chi connectivity index (χ4n) is 2.30. The second kappa shape index (κ2) is 6.85. The smallest absolute Gasteiger partial charge is 0.264 e. The number of Topliss-reactive ketones (excluding diaryl/α,β-unsaturated/α-hetero) is 1. The average Bonchev–Trinajstić information content (AvgIpc) is 2.75. The largest absolute Gasteiger partial charge is 0.358 e. The van der Waals surface area contributed by atoms with Crippen molar-refractivity contribution in [3.05, 3.63) is 46.5 Å². The molecule has 0 radical (unpaired) electrons. The number of nitrogens with zero attached hydrogens (tertiary/aromatic N) is 1. The Kier molecular flexibility index (Phi) is 5.31. The third-order valence-electron chi connectivity index (χ3n) is 3.63. The summed E-state index contributed by atoms with van der Waals surface area (Å²) in [5, 5.41) is -0.317. The molecule has 1 aromatic carbocycles. The number of carbonyl (C=O) groups is 1. The summed E-state index contributed by atoms with van der Waals surface area (Å²) in [6, 6.07) is 9.12. The molecule has 5 nitrogen and oxygen atoms in total. The van der Waals surface area contributed by atoms with Gasteiger partial charge in [0.25, 0.3) is 10.1 Å². The first-order valence-corrected chi connectivity index (χ1v) is 9.42. The molecule has 1 unspecified atom stereocenters. The van der Waals surface area contributed by atoms with Crippen molar-refractivity contribution < 1.29 is 17.8 Å². The Morgan fingerprint density at radius 1 is 1.32 bits per heavy atom. The summed E-state index contributed by atoms with van der Waals surface area (Å²) < 4.78 is 30.3. The van der Waals surface area contributed by atoms with Gasteiger partial charge in [-0.25, -0.2) is 0 Å². The van der Waals surface area contributed by atoms with Crippen LogP contribution in [0.2, 0.25) is 0 Å². The van der Waals surface area contributed by atoms with E-state index in [4.69, 9.17) is 4.55 Å². The van der Waals surface area contributed by atoms with Crippen LogP contribution in [-0.4, -0.2) is 41.8 Å². The van der Waals surface area contributed by atoms with Crippen LogP contribution < -0.4 is 0 Å². The summed E-state index contributed by atoms with van der Waals surface area (Å²) in [4.78, 5) is 15.5. The van der Waals surface area contributed by atoms with Crippen LogP contribution in [0.5, 0.6) is 0 Å². The Bertz CT molecular complexity index is 683.